The zero-order chi connectivity index (χ0) is 13.4. The van der Waals surface area contributed by atoms with Gasteiger partial charge in [0.1, 0.15) is 5.75 Å². The maximum absolute atomic E-state index is 11.7. The molecule has 4 nitrogen and oxygen atoms in total. The smallest absolute Gasteiger partial charge is 0.220 e. The van der Waals surface area contributed by atoms with Gasteiger partial charge in [0, 0.05) is 13.0 Å². The SMILES string of the molecule is CCC(CN)CC(=O)NCc1ccc(OC)cc1. The second-order valence-electron chi connectivity index (χ2n) is 4.34. The average Bonchev–Trinajstić information content (AvgIpc) is 2.43. The standard InChI is InChI=1S/C14H22N2O2/c1-3-11(9-15)8-14(17)16-10-12-4-6-13(18-2)7-5-12/h4-7,11H,3,8-10,15H2,1-2H3,(H,16,17). The van der Waals surface area contributed by atoms with E-state index in [9.17, 15) is 4.79 Å². The van der Waals surface area contributed by atoms with E-state index < -0.39 is 0 Å². The van der Waals surface area contributed by atoms with E-state index in [-0.39, 0.29) is 11.8 Å². The number of nitrogens with one attached hydrogen (secondary N) is 1. The number of amides is 1. The fourth-order valence-electron chi connectivity index (χ4n) is 1.67. The second-order valence-corrected chi connectivity index (χ2v) is 4.34. The van der Waals surface area contributed by atoms with Crippen LogP contribution in [0.2, 0.25) is 0 Å². The van der Waals surface area contributed by atoms with E-state index >= 15 is 0 Å². The van der Waals surface area contributed by atoms with Crippen LogP contribution < -0.4 is 15.8 Å². The van der Waals surface area contributed by atoms with Gasteiger partial charge in [-0.3, -0.25) is 4.79 Å². The molecule has 0 aliphatic heterocycles. The fraction of sp³-hybridized carbons (Fsp3) is 0.500. The molecule has 0 aromatic heterocycles. The molecular formula is C14H22N2O2. The Balaban J connectivity index is 2.37. The van der Waals surface area contributed by atoms with Gasteiger partial charge in [0.2, 0.25) is 5.91 Å². The first-order chi connectivity index (χ1) is 8.69. The summed E-state index contributed by atoms with van der Waals surface area (Å²) >= 11 is 0. The minimum absolute atomic E-state index is 0.0584. The molecule has 0 aliphatic rings. The van der Waals surface area contributed by atoms with Gasteiger partial charge < -0.3 is 15.8 Å². The lowest BCUT2D eigenvalue weighted by molar-refractivity contribution is -0.122. The van der Waals surface area contributed by atoms with Crippen LogP contribution in [0.4, 0.5) is 0 Å². The number of carbonyl (C=O) groups is 1. The van der Waals surface area contributed by atoms with E-state index in [4.69, 9.17) is 10.5 Å². The summed E-state index contributed by atoms with van der Waals surface area (Å²) in [6, 6.07) is 7.66. The Kier molecular flexibility index (Phi) is 6.22. The van der Waals surface area contributed by atoms with Crippen molar-refractivity contribution in [2.45, 2.75) is 26.3 Å². The molecule has 0 spiro atoms. The number of methoxy groups -OCH3 is 1. The molecule has 0 bridgehead atoms. The van der Waals surface area contributed by atoms with Crippen molar-refractivity contribution in [2.75, 3.05) is 13.7 Å². The third-order valence-corrected chi connectivity index (χ3v) is 3.03. The van der Waals surface area contributed by atoms with Gasteiger partial charge in [-0.25, -0.2) is 0 Å². The lowest BCUT2D eigenvalue weighted by atomic mass is 10.0. The van der Waals surface area contributed by atoms with Crippen LogP contribution in [-0.4, -0.2) is 19.6 Å². The number of ether oxygens (including phenoxy) is 1. The molecule has 100 valence electrons. The first kappa shape index (κ1) is 14.5. The normalized spacial score (nSPS) is 11.9. The van der Waals surface area contributed by atoms with Crippen molar-refractivity contribution in [3.63, 3.8) is 0 Å². The lowest BCUT2D eigenvalue weighted by Crippen LogP contribution is -2.27. The van der Waals surface area contributed by atoms with Crippen LogP contribution in [0.15, 0.2) is 24.3 Å². The number of hydrogen-bond acceptors (Lipinski definition) is 3. The Hall–Kier alpha value is -1.55. The zero-order valence-corrected chi connectivity index (χ0v) is 11.1. The highest BCUT2D eigenvalue weighted by Crippen LogP contribution is 2.11. The third kappa shape index (κ3) is 4.75. The Morgan fingerprint density at radius 2 is 2.06 bits per heavy atom. The summed E-state index contributed by atoms with van der Waals surface area (Å²) in [5, 5.41) is 2.90. The maximum Gasteiger partial charge on any atom is 0.220 e. The number of benzene rings is 1. The van der Waals surface area contributed by atoms with E-state index in [2.05, 4.69) is 5.32 Å². The summed E-state index contributed by atoms with van der Waals surface area (Å²) in [6.07, 6.45) is 1.44. The Bertz CT molecular complexity index is 359. The summed E-state index contributed by atoms with van der Waals surface area (Å²) < 4.78 is 5.08. The molecule has 0 heterocycles. The van der Waals surface area contributed by atoms with Crippen LogP contribution >= 0.6 is 0 Å². The molecule has 1 atom stereocenters. The molecule has 18 heavy (non-hydrogen) atoms. The van der Waals surface area contributed by atoms with E-state index in [1.165, 1.54) is 0 Å². The second kappa shape index (κ2) is 7.71. The maximum atomic E-state index is 11.7. The van der Waals surface area contributed by atoms with Crippen LogP contribution in [0, 0.1) is 5.92 Å². The molecule has 3 N–H and O–H groups in total. The highest BCUT2D eigenvalue weighted by atomic mass is 16.5. The topological polar surface area (TPSA) is 64.4 Å². The quantitative estimate of drug-likeness (QED) is 0.774. The molecule has 0 fully saturated rings. The van der Waals surface area contributed by atoms with Crippen LogP contribution in [0.25, 0.3) is 0 Å². The Labute approximate surface area is 109 Å². The molecule has 4 heteroatoms. The monoisotopic (exact) mass is 250 g/mol. The highest BCUT2D eigenvalue weighted by molar-refractivity contribution is 5.76. The predicted molar refractivity (Wildman–Crippen MR) is 72.3 cm³/mol. The van der Waals surface area contributed by atoms with Crippen molar-refractivity contribution in [2.24, 2.45) is 11.7 Å². The summed E-state index contributed by atoms with van der Waals surface area (Å²) in [7, 11) is 1.63. The van der Waals surface area contributed by atoms with Crippen molar-refractivity contribution < 1.29 is 9.53 Å². The van der Waals surface area contributed by atoms with Gasteiger partial charge in [-0.05, 0) is 30.2 Å². The summed E-state index contributed by atoms with van der Waals surface area (Å²) in [5.74, 6) is 1.16. The minimum Gasteiger partial charge on any atom is -0.497 e. The Morgan fingerprint density at radius 1 is 1.39 bits per heavy atom. The molecule has 0 aliphatic carbocycles. The van der Waals surface area contributed by atoms with Gasteiger partial charge in [-0.15, -0.1) is 0 Å². The largest absolute Gasteiger partial charge is 0.497 e. The molecule has 0 saturated heterocycles. The van der Waals surface area contributed by atoms with Gasteiger partial charge in [0.05, 0.1) is 7.11 Å². The molecule has 1 amide bonds. The van der Waals surface area contributed by atoms with Crippen molar-refractivity contribution in [3.8, 4) is 5.75 Å². The van der Waals surface area contributed by atoms with Gasteiger partial charge in [0.25, 0.3) is 0 Å². The highest BCUT2D eigenvalue weighted by Gasteiger charge is 2.09. The zero-order valence-electron chi connectivity index (χ0n) is 11.1. The first-order valence-corrected chi connectivity index (χ1v) is 6.29. The Morgan fingerprint density at radius 3 is 2.56 bits per heavy atom. The van der Waals surface area contributed by atoms with E-state index in [1.807, 2.05) is 31.2 Å². The van der Waals surface area contributed by atoms with Crippen LogP contribution in [0.1, 0.15) is 25.3 Å². The summed E-state index contributed by atoms with van der Waals surface area (Å²) in [4.78, 5) is 11.7. The summed E-state index contributed by atoms with van der Waals surface area (Å²) in [5.41, 5.74) is 6.64. The number of nitrogens with two attached hydrogens (primary N) is 1. The molecule has 1 aromatic carbocycles. The third-order valence-electron chi connectivity index (χ3n) is 3.03. The molecular weight excluding hydrogens is 228 g/mol. The van der Waals surface area contributed by atoms with Crippen LogP contribution in [0.3, 0.4) is 0 Å². The predicted octanol–water partition coefficient (Wildman–Crippen LogP) is 1.69. The number of carbonyl (C=O) groups excluding carboxylic acids is 1. The van der Waals surface area contributed by atoms with E-state index in [0.29, 0.717) is 19.5 Å². The number of hydrogen-bond donors (Lipinski definition) is 2. The molecule has 1 rings (SSSR count). The minimum atomic E-state index is 0.0584. The lowest BCUT2D eigenvalue weighted by Gasteiger charge is -2.12. The van der Waals surface area contributed by atoms with Gasteiger partial charge >= 0.3 is 0 Å². The molecule has 0 saturated carbocycles. The van der Waals surface area contributed by atoms with Crippen molar-refractivity contribution in [1.29, 1.82) is 0 Å². The first-order valence-electron chi connectivity index (χ1n) is 6.29. The number of rotatable bonds is 7. The van der Waals surface area contributed by atoms with E-state index in [1.54, 1.807) is 7.11 Å². The fourth-order valence-corrected chi connectivity index (χ4v) is 1.67. The molecule has 0 radical (unpaired) electrons. The van der Waals surface area contributed by atoms with Crippen LogP contribution in [0.5, 0.6) is 5.75 Å². The van der Waals surface area contributed by atoms with Gasteiger partial charge in [-0.1, -0.05) is 25.5 Å². The molecule has 1 unspecified atom stereocenters. The van der Waals surface area contributed by atoms with Crippen molar-refractivity contribution >= 4 is 5.91 Å². The van der Waals surface area contributed by atoms with Crippen molar-refractivity contribution in [3.05, 3.63) is 29.8 Å². The van der Waals surface area contributed by atoms with Crippen LogP contribution in [-0.2, 0) is 11.3 Å². The van der Waals surface area contributed by atoms with Gasteiger partial charge in [0.15, 0.2) is 0 Å². The molecule has 1 aromatic rings. The summed E-state index contributed by atoms with van der Waals surface area (Å²) in [6.45, 7) is 3.16. The van der Waals surface area contributed by atoms with Gasteiger partial charge in [-0.2, -0.15) is 0 Å². The van der Waals surface area contributed by atoms with Crippen molar-refractivity contribution in [1.82, 2.24) is 5.32 Å². The average molecular weight is 250 g/mol. The van der Waals surface area contributed by atoms with E-state index in [0.717, 1.165) is 17.7 Å².